The van der Waals surface area contributed by atoms with Crippen LogP contribution in [0.15, 0.2) is 34.8 Å². The lowest BCUT2D eigenvalue weighted by Gasteiger charge is -2.12. The number of aromatic nitrogens is 3. The molecule has 0 unspecified atom stereocenters. The smallest absolute Gasteiger partial charge is 0.238 e. The molecule has 0 bridgehead atoms. The third-order valence-electron chi connectivity index (χ3n) is 3.79. The van der Waals surface area contributed by atoms with Crippen molar-refractivity contribution >= 4 is 33.4 Å². The van der Waals surface area contributed by atoms with Gasteiger partial charge in [-0.2, -0.15) is 0 Å². The minimum atomic E-state index is -3.85. The van der Waals surface area contributed by atoms with Gasteiger partial charge < -0.3 is 9.88 Å². The summed E-state index contributed by atoms with van der Waals surface area (Å²) < 4.78 is 25.0. The van der Waals surface area contributed by atoms with Crippen molar-refractivity contribution in [1.82, 2.24) is 14.8 Å². The van der Waals surface area contributed by atoms with Crippen molar-refractivity contribution in [1.29, 1.82) is 0 Å². The molecule has 26 heavy (non-hydrogen) atoms. The van der Waals surface area contributed by atoms with E-state index in [0.717, 1.165) is 17.0 Å². The number of amides is 1. The van der Waals surface area contributed by atoms with Crippen LogP contribution in [0.25, 0.3) is 0 Å². The number of primary sulfonamides is 1. The van der Waals surface area contributed by atoms with Gasteiger partial charge in [-0.05, 0) is 44.0 Å². The molecule has 1 aromatic heterocycles. The van der Waals surface area contributed by atoms with Crippen LogP contribution in [-0.4, -0.2) is 34.8 Å². The Labute approximate surface area is 156 Å². The number of nitrogens with zero attached hydrogens (tertiary/aromatic N) is 3. The number of carbonyl (C=O) groups is 1. The van der Waals surface area contributed by atoms with Crippen molar-refractivity contribution in [3.8, 4) is 0 Å². The van der Waals surface area contributed by atoms with E-state index in [-0.39, 0.29) is 16.6 Å². The molecule has 1 aromatic carbocycles. The second-order valence-electron chi connectivity index (χ2n) is 5.72. The molecule has 1 heterocycles. The molecule has 0 fully saturated rings. The number of sulfonamides is 1. The average Bonchev–Trinajstić information content (AvgIpc) is 2.89. The minimum absolute atomic E-state index is 0.0371. The van der Waals surface area contributed by atoms with Gasteiger partial charge in [0.25, 0.3) is 0 Å². The molecule has 10 heteroatoms. The van der Waals surface area contributed by atoms with Gasteiger partial charge in [-0.15, -0.1) is 16.8 Å². The summed E-state index contributed by atoms with van der Waals surface area (Å²) >= 11 is 1.24. The molecule has 0 aliphatic heterocycles. The Morgan fingerprint density at radius 2 is 2.04 bits per heavy atom. The van der Waals surface area contributed by atoms with Crippen LogP contribution in [0, 0.1) is 20.8 Å². The Bertz CT molecular complexity index is 951. The molecule has 0 aliphatic carbocycles. The number of rotatable bonds is 7. The number of hydrogen-bond acceptors (Lipinski definition) is 6. The number of aryl methyl sites for hydroxylation is 2. The largest absolute Gasteiger partial charge is 0.325 e. The number of carbonyl (C=O) groups excluding carboxylic acids is 1. The van der Waals surface area contributed by atoms with E-state index < -0.39 is 10.0 Å². The van der Waals surface area contributed by atoms with Crippen LogP contribution in [0.5, 0.6) is 0 Å². The number of allylic oxidation sites excluding steroid dienone is 1. The summed E-state index contributed by atoms with van der Waals surface area (Å²) in [5.74, 6) is 0.558. The van der Waals surface area contributed by atoms with Crippen LogP contribution in [0.3, 0.4) is 0 Å². The predicted molar refractivity (Wildman–Crippen MR) is 102 cm³/mol. The van der Waals surface area contributed by atoms with E-state index in [1.54, 1.807) is 19.9 Å². The summed E-state index contributed by atoms with van der Waals surface area (Å²) in [6, 6.07) is 2.85. The minimum Gasteiger partial charge on any atom is -0.325 e. The Kier molecular flexibility index (Phi) is 6.21. The molecule has 8 nitrogen and oxygen atoms in total. The van der Waals surface area contributed by atoms with Crippen LogP contribution in [-0.2, 0) is 21.4 Å². The quantitative estimate of drug-likeness (QED) is 0.544. The maximum Gasteiger partial charge on any atom is 0.238 e. The molecule has 1 amide bonds. The molecule has 0 atom stereocenters. The molecule has 140 valence electrons. The van der Waals surface area contributed by atoms with Crippen molar-refractivity contribution in [3.63, 3.8) is 0 Å². The van der Waals surface area contributed by atoms with Gasteiger partial charge in [0.1, 0.15) is 5.82 Å². The molecule has 0 radical (unpaired) electrons. The standard InChI is InChI=1S/C16H21N5O3S2/c1-5-6-21-12(4)19-20-16(21)25-9-15(22)18-14-8-13(26(17,23)24)7-10(2)11(14)3/h5,7-8H,1,6,9H2,2-4H3,(H,18,22)(H2,17,23,24). The van der Waals surface area contributed by atoms with Gasteiger partial charge in [-0.3, -0.25) is 4.79 Å². The Morgan fingerprint density at radius 3 is 2.65 bits per heavy atom. The van der Waals surface area contributed by atoms with E-state index in [1.807, 2.05) is 11.5 Å². The lowest BCUT2D eigenvalue weighted by Crippen LogP contribution is -2.18. The fourth-order valence-corrected chi connectivity index (χ4v) is 3.66. The number of nitrogens with two attached hydrogens (primary N) is 1. The summed E-state index contributed by atoms with van der Waals surface area (Å²) in [6.45, 7) is 9.63. The molecule has 0 saturated carbocycles. The maximum absolute atomic E-state index is 12.3. The van der Waals surface area contributed by atoms with E-state index >= 15 is 0 Å². The number of nitrogens with one attached hydrogen (secondary N) is 1. The van der Waals surface area contributed by atoms with Crippen LogP contribution < -0.4 is 10.5 Å². The van der Waals surface area contributed by atoms with E-state index in [1.165, 1.54) is 23.9 Å². The highest BCUT2D eigenvalue weighted by Gasteiger charge is 2.15. The van der Waals surface area contributed by atoms with Crippen LogP contribution in [0.1, 0.15) is 17.0 Å². The first-order chi connectivity index (χ1) is 12.1. The van der Waals surface area contributed by atoms with Gasteiger partial charge in [-0.1, -0.05) is 17.8 Å². The third-order valence-corrected chi connectivity index (χ3v) is 5.65. The Balaban J connectivity index is 2.13. The van der Waals surface area contributed by atoms with Gasteiger partial charge in [0.05, 0.1) is 10.6 Å². The molecule has 3 N–H and O–H groups in total. The molecule has 2 rings (SSSR count). The molecule has 0 aliphatic rings. The SMILES string of the molecule is C=CCn1c(C)nnc1SCC(=O)Nc1cc(S(N)(=O)=O)cc(C)c1C. The van der Waals surface area contributed by atoms with Crippen molar-refractivity contribution in [2.75, 3.05) is 11.1 Å². The molecular formula is C16H21N5O3S2. The maximum atomic E-state index is 12.3. The first kappa shape index (κ1) is 20.1. The Hall–Kier alpha value is -2.17. The summed E-state index contributed by atoms with van der Waals surface area (Å²) in [7, 11) is -3.85. The summed E-state index contributed by atoms with van der Waals surface area (Å²) in [4.78, 5) is 12.3. The first-order valence-corrected chi connectivity index (χ1v) is 10.2. The summed E-state index contributed by atoms with van der Waals surface area (Å²) in [6.07, 6.45) is 1.73. The Morgan fingerprint density at radius 1 is 1.35 bits per heavy atom. The second-order valence-corrected chi connectivity index (χ2v) is 8.23. The van der Waals surface area contributed by atoms with Crippen molar-refractivity contribution in [3.05, 3.63) is 41.7 Å². The van der Waals surface area contributed by atoms with Crippen molar-refractivity contribution in [2.24, 2.45) is 5.14 Å². The van der Waals surface area contributed by atoms with Crippen LogP contribution >= 0.6 is 11.8 Å². The highest BCUT2D eigenvalue weighted by molar-refractivity contribution is 7.99. The zero-order valence-corrected chi connectivity index (χ0v) is 16.4. The zero-order valence-electron chi connectivity index (χ0n) is 14.8. The third kappa shape index (κ3) is 4.71. The fraction of sp³-hybridized carbons (Fsp3) is 0.312. The average molecular weight is 396 g/mol. The molecule has 0 spiro atoms. The summed E-state index contributed by atoms with van der Waals surface area (Å²) in [5.41, 5.74) is 1.92. The fourth-order valence-electron chi connectivity index (χ4n) is 2.24. The van der Waals surface area contributed by atoms with Crippen LogP contribution in [0.4, 0.5) is 5.69 Å². The number of hydrogen-bond donors (Lipinski definition) is 2. The van der Waals surface area contributed by atoms with Gasteiger partial charge in [0.15, 0.2) is 5.16 Å². The zero-order chi connectivity index (χ0) is 19.5. The van der Waals surface area contributed by atoms with E-state index in [2.05, 4.69) is 22.1 Å². The van der Waals surface area contributed by atoms with Gasteiger partial charge in [0.2, 0.25) is 15.9 Å². The highest BCUT2D eigenvalue weighted by Crippen LogP contribution is 2.24. The predicted octanol–water partition coefficient (Wildman–Crippen LogP) is 1.77. The van der Waals surface area contributed by atoms with E-state index in [9.17, 15) is 13.2 Å². The second kappa shape index (κ2) is 8.02. The number of thioether (sulfide) groups is 1. The van der Waals surface area contributed by atoms with Crippen LogP contribution in [0.2, 0.25) is 0 Å². The first-order valence-electron chi connectivity index (χ1n) is 7.71. The van der Waals surface area contributed by atoms with Crippen molar-refractivity contribution < 1.29 is 13.2 Å². The van der Waals surface area contributed by atoms with E-state index in [0.29, 0.717) is 17.4 Å². The van der Waals surface area contributed by atoms with Gasteiger partial charge in [-0.25, -0.2) is 13.6 Å². The highest BCUT2D eigenvalue weighted by atomic mass is 32.2. The lowest BCUT2D eigenvalue weighted by atomic mass is 10.1. The topological polar surface area (TPSA) is 120 Å². The summed E-state index contributed by atoms with van der Waals surface area (Å²) in [5, 5.41) is 16.6. The normalized spacial score (nSPS) is 11.4. The number of benzene rings is 1. The lowest BCUT2D eigenvalue weighted by molar-refractivity contribution is -0.113. The molecule has 0 saturated heterocycles. The van der Waals surface area contributed by atoms with E-state index in [4.69, 9.17) is 5.14 Å². The number of anilines is 1. The molecular weight excluding hydrogens is 374 g/mol. The molecule has 2 aromatic rings. The van der Waals surface area contributed by atoms with Gasteiger partial charge >= 0.3 is 0 Å². The van der Waals surface area contributed by atoms with Crippen molar-refractivity contribution in [2.45, 2.75) is 37.4 Å². The monoisotopic (exact) mass is 395 g/mol. The van der Waals surface area contributed by atoms with Gasteiger partial charge in [0, 0.05) is 12.2 Å².